The molecule has 0 unspecified atom stereocenters. The molecule has 4 nitrogen and oxygen atoms in total. The van der Waals surface area contributed by atoms with E-state index in [1.165, 1.54) is 31.4 Å². The second-order valence-corrected chi connectivity index (χ2v) is 7.32. The number of aromatic nitrogens is 2. The number of hydrogen-bond acceptors (Lipinski definition) is 4. The van der Waals surface area contributed by atoms with E-state index in [9.17, 15) is 4.39 Å². The highest BCUT2D eigenvalue weighted by Crippen LogP contribution is 2.30. The van der Waals surface area contributed by atoms with Gasteiger partial charge in [0.05, 0.1) is 10.6 Å². The van der Waals surface area contributed by atoms with Gasteiger partial charge in [0.2, 0.25) is 11.8 Å². The summed E-state index contributed by atoms with van der Waals surface area (Å²) >= 11 is 6.25. The highest BCUT2D eigenvalue weighted by molar-refractivity contribution is 6.33. The molecule has 3 aromatic rings. The van der Waals surface area contributed by atoms with Crippen molar-refractivity contribution in [1.82, 2.24) is 15.5 Å². The normalized spacial score (nSPS) is 16.4. The lowest BCUT2D eigenvalue weighted by molar-refractivity contribution is 0.329. The summed E-state index contributed by atoms with van der Waals surface area (Å²) in [6.07, 6.45) is 5.92. The van der Waals surface area contributed by atoms with E-state index >= 15 is 0 Å². The molecular weight excluding hydrogens is 365 g/mol. The molecule has 6 heteroatoms. The van der Waals surface area contributed by atoms with Crippen LogP contribution in [0.2, 0.25) is 5.02 Å². The number of rotatable bonds is 5. The summed E-state index contributed by atoms with van der Waals surface area (Å²) in [5.41, 5.74) is 1.60. The Morgan fingerprint density at radius 3 is 2.48 bits per heavy atom. The van der Waals surface area contributed by atoms with Crippen LogP contribution >= 0.6 is 11.6 Å². The van der Waals surface area contributed by atoms with Crippen LogP contribution in [0.1, 0.15) is 49.6 Å². The van der Waals surface area contributed by atoms with Gasteiger partial charge in [-0.1, -0.05) is 55.1 Å². The quantitative estimate of drug-likeness (QED) is 0.626. The highest BCUT2D eigenvalue weighted by Gasteiger charge is 2.25. The molecule has 0 saturated heterocycles. The van der Waals surface area contributed by atoms with E-state index in [1.54, 1.807) is 18.2 Å². The Balaban J connectivity index is 1.65. The third kappa shape index (κ3) is 4.20. The maximum absolute atomic E-state index is 13.4. The summed E-state index contributed by atoms with van der Waals surface area (Å²) in [4.78, 5) is 0. The smallest absolute Gasteiger partial charge is 0.249 e. The molecule has 27 heavy (non-hydrogen) atoms. The van der Waals surface area contributed by atoms with E-state index in [4.69, 9.17) is 16.0 Å². The molecule has 0 radical (unpaired) electrons. The lowest BCUT2D eigenvalue weighted by atomic mass is 9.94. The lowest BCUT2D eigenvalue weighted by Crippen LogP contribution is -2.35. The molecule has 1 saturated carbocycles. The molecule has 1 aliphatic carbocycles. The number of nitrogens with one attached hydrogen (secondary N) is 1. The number of halogens is 2. The maximum Gasteiger partial charge on any atom is 0.249 e. The van der Waals surface area contributed by atoms with Crippen molar-refractivity contribution in [2.24, 2.45) is 0 Å². The number of nitrogens with zero attached hydrogens (tertiary/aromatic N) is 2. The molecule has 0 spiro atoms. The van der Waals surface area contributed by atoms with Crippen molar-refractivity contribution < 1.29 is 8.81 Å². The van der Waals surface area contributed by atoms with E-state index in [0.717, 1.165) is 18.4 Å². The zero-order valence-corrected chi connectivity index (χ0v) is 15.6. The molecule has 0 amide bonds. The van der Waals surface area contributed by atoms with Gasteiger partial charge in [-0.15, -0.1) is 10.2 Å². The third-order valence-electron chi connectivity index (χ3n) is 5.00. The molecule has 1 aliphatic rings. The average Bonchev–Trinajstić information content (AvgIpc) is 3.18. The van der Waals surface area contributed by atoms with E-state index in [0.29, 0.717) is 28.4 Å². The lowest BCUT2D eigenvalue weighted by Gasteiger charge is -2.27. The summed E-state index contributed by atoms with van der Waals surface area (Å²) in [5.74, 6) is 0.577. The fourth-order valence-corrected chi connectivity index (χ4v) is 3.78. The highest BCUT2D eigenvalue weighted by atomic mass is 35.5. The van der Waals surface area contributed by atoms with Crippen LogP contribution in [-0.4, -0.2) is 16.2 Å². The van der Waals surface area contributed by atoms with Crippen LogP contribution in [-0.2, 0) is 0 Å². The molecule has 4 rings (SSSR count). The van der Waals surface area contributed by atoms with Crippen molar-refractivity contribution in [2.75, 3.05) is 0 Å². The average molecular weight is 386 g/mol. The summed E-state index contributed by atoms with van der Waals surface area (Å²) in [7, 11) is 0. The SMILES string of the molecule is Fc1ccc([C@H](NC2CCCCC2)c2nnc(-c3ccccc3Cl)o2)cc1. The first kappa shape index (κ1) is 18.1. The van der Waals surface area contributed by atoms with Crippen molar-refractivity contribution in [2.45, 2.75) is 44.2 Å². The maximum atomic E-state index is 13.4. The number of benzene rings is 2. The largest absolute Gasteiger partial charge is 0.419 e. The molecule has 0 bridgehead atoms. The van der Waals surface area contributed by atoms with Gasteiger partial charge in [0.1, 0.15) is 11.9 Å². The number of hydrogen-bond donors (Lipinski definition) is 1. The van der Waals surface area contributed by atoms with E-state index in [-0.39, 0.29) is 11.9 Å². The van der Waals surface area contributed by atoms with Gasteiger partial charge in [-0.2, -0.15) is 0 Å². The molecule has 1 N–H and O–H groups in total. The van der Waals surface area contributed by atoms with Crippen LogP contribution in [0.15, 0.2) is 52.9 Å². The first-order valence-corrected chi connectivity index (χ1v) is 9.68. The predicted molar refractivity (Wildman–Crippen MR) is 103 cm³/mol. The molecular formula is C21H21ClFN3O. The topological polar surface area (TPSA) is 51.0 Å². The Hall–Kier alpha value is -2.24. The van der Waals surface area contributed by atoms with Crippen LogP contribution in [0.3, 0.4) is 0 Å². The second kappa shape index (κ2) is 8.19. The van der Waals surface area contributed by atoms with Gasteiger partial charge in [-0.25, -0.2) is 4.39 Å². The van der Waals surface area contributed by atoms with Crippen LogP contribution in [0.4, 0.5) is 4.39 Å². The van der Waals surface area contributed by atoms with Gasteiger partial charge in [-0.05, 0) is 42.7 Å². The fraction of sp³-hybridized carbons (Fsp3) is 0.333. The van der Waals surface area contributed by atoms with Gasteiger partial charge in [-0.3, -0.25) is 5.32 Å². The zero-order valence-electron chi connectivity index (χ0n) is 14.9. The van der Waals surface area contributed by atoms with Gasteiger partial charge in [0.25, 0.3) is 0 Å². The van der Waals surface area contributed by atoms with Crippen molar-refractivity contribution >= 4 is 11.6 Å². The van der Waals surface area contributed by atoms with E-state index < -0.39 is 0 Å². The van der Waals surface area contributed by atoms with E-state index in [2.05, 4.69) is 15.5 Å². The second-order valence-electron chi connectivity index (χ2n) is 6.91. The first-order chi connectivity index (χ1) is 13.2. The Morgan fingerprint density at radius 2 is 1.74 bits per heavy atom. The van der Waals surface area contributed by atoms with Gasteiger partial charge < -0.3 is 4.42 Å². The molecule has 2 aromatic carbocycles. The summed E-state index contributed by atoms with van der Waals surface area (Å²) in [5, 5.41) is 12.7. The molecule has 1 aromatic heterocycles. The van der Waals surface area contributed by atoms with Crippen molar-refractivity contribution in [1.29, 1.82) is 0 Å². The molecule has 0 aliphatic heterocycles. The molecule has 140 valence electrons. The van der Waals surface area contributed by atoms with E-state index in [1.807, 2.05) is 18.2 Å². The minimum Gasteiger partial charge on any atom is -0.419 e. The van der Waals surface area contributed by atoms with Crippen LogP contribution in [0.5, 0.6) is 0 Å². The van der Waals surface area contributed by atoms with Gasteiger partial charge >= 0.3 is 0 Å². The summed E-state index contributed by atoms with van der Waals surface area (Å²) in [6.45, 7) is 0. The summed E-state index contributed by atoms with van der Waals surface area (Å²) < 4.78 is 19.4. The molecule has 1 fully saturated rings. The third-order valence-corrected chi connectivity index (χ3v) is 5.33. The minimum atomic E-state index is -0.280. The van der Waals surface area contributed by atoms with Crippen LogP contribution < -0.4 is 5.32 Å². The van der Waals surface area contributed by atoms with Crippen molar-refractivity contribution in [3.05, 3.63) is 70.8 Å². The predicted octanol–water partition coefficient (Wildman–Crippen LogP) is 5.54. The zero-order chi connectivity index (χ0) is 18.6. The monoisotopic (exact) mass is 385 g/mol. The summed E-state index contributed by atoms with van der Waals surface area (Å²) in [6, 6.07) is 13.9. The molecule has 1 atom stereocenters. The van der Waals surface area contributed by atoms with Crippen molar-refractivity contribution in [3.63, 3.8) is 0 Å². The minimum absolute atomic E-state index is 0.266. The van der Waals surface area contributed by atoms with Crippen LogP contribution in [0.25, 0.3) is 11.5 Å². The van der Waals surface area contributed by atoms with Gasteiger partial charge in [0, 0.05) is 6.04 Å². The fourth-order valence-electron chi connectivity index (χ4n) is 3.57. The van der Waals surface area contributed by atoms with Gasteiger partial charge in [0.15, 0.2) is 0 Å². The Labute approximate surface area is 162 Å². The van der Waals surface area contributed by atoms with Crippen molar-refractivity contribution in [3.8, 4) is 11.5 Å². The molecule has 1 heterocycles. The standard InChI is InChI=1S/C21H21ClFN3O/c22-18-9-5-4-8-17(18)20-25-26-21(27-20)19(14-10-12-15(23)13-11-14)24-16-6-2-1-3-7-16/h4-5,8-13,16,19,24H,1-3,6-7H2/t19-/m0/s1. The van der Waals surface area contributed by atoms with Crippen LogP contribution in [0, 0.1) is 5.82 Å². The Bertz CT molecular complexity index is 890. The Kier molecular flexibility index (Phi) is 5.50. The first-order valence-electron chi connectivity index (χ1n) is 9.30. The Morgan fingerprint density at radius 1 is 1.00 bits per heavy atom.